The molecule has 0 unspecified atom stereocenters. The van der Waals surface area contributed by atoms with Crippen molar-refractivity contribution < 1.29 is 0 Å². The molecule has 0 saturated heterocycles. The summed E-state index contributed by atoms with van der Waals surface area (Å²) in [5.41, 5.74) is 3.03. The van der Waals surface area contributed by atoms with E-state index in [1.54, 1.807) is 0 Å². The van der Waals surface area contributed by atoms with Crippen LogP contribution in [0.2, 0.25) is 0 Å². The van der Waals surface area contributed by atoms with Crippen LogP contribution in [0.15, 0.2) is 12.1 Å². The highest BCUT2D eigenvalue weighted by Crippen LogP contribution is 2.13. The van der Waals surface area contributed by atoms with Crippen molar-refractivity contribution in [2.75, 3.05) is 0 Å². The van der Waals surface area contributed by atoms with Crippen LogP contribution in [0, 0.1) is 13.8 Å². The van der Waals surface area contributed by atoms with Gasteiger partial charge in [-0.3, -0.25) is 0 Å². The van der Waals surface area contributed by atoms with Gasteiger partial charge in [-0.1, -0.05) is 0 Å². The number of imidazole rings is 1. The molecule has 0 aliphatic rings. The summed E-state index contributed by atoms with van der Waals surface area (Å²) in [4.78, 5) is 8.89. The van der Waals surface area contributed by atoms with Gasteiger partial charge in [-0.15, -0.1) is 0 Å². The highest BCUT2D eigenvalue weighted by molar-refractivity contribution is 5.71. The predicted octanol–water partition coefficient (Wildman–Crippen LogP) is 2.07. The SMILES string of the molecule is CCn1c(C)nc2ccc(C)nc21. The third-order valence-electron chi connectivity index (χ3n) is 2.24. The third kappa shape index (κ3) is 1.20. The maximum atomic E-state index is 4.47. The Balaban J connectivity index is 2.80. The third-order valence-corrected chi connectivity index (χ3v) is 2.24. The molecule has 0 aliphatic heterocycles. The fourth-order valence-electron chi connectivity index (χ4n) is 1.59. The van der Waals surface area contributed by atoms with Gasteiger partial charge in [0.05, 0.1) is 0 Å². The summed E-state index contributed by atoms with van der Waals surface area (Å²) >= 11 is 0. The smallest absolute Gasteiger partial charge is 0.160 e. The van der Waals surface area contributed by atoms with Crippen LogP contribution in [0.25, 0.3) is 11.2 Å². The van der Waals surface area contributed by atoms with Crippen molar-refractivity contribution in [3.63, 3.8) is 0 Å². The lowest BCUT2D eigenvalue weighted by molar-refractivity contribution is 0.745. The first-order valence-corrected chi connectivity index (χ1v) is 4.53. The summed E-state index contributed by atoms with van der Waals surface area (Å²) in [6.07, 6.45) is 0. The molecule has 2 aromatic rings. The zero-order valence-electron chi connectivity index (χ0n) is 8.20. The van der Waals surface area contributed by atoms with E-state index in [0.29, 0.717) is 0 Å². The Labute approximate surface area is 77.4 Å². The number of hydrogen-bond acceptors (Lipinski definition) is 2. The van der Waals surface area contributed by atoms with Crippen molar-refractivity contribution in [3.8, 4) is 0 Å². The summed E-state index contributed by atoms with van der Waals surface area (Å²) in [7, 11) is 0. The average molecular weight is 175 g/mol. The highest BCUT2D eigenvalue weighted by Gasteiger charge is 2.06. The van der Waals surface area contributed by atoms with Crippen molar-refractivity contribution in [1.29, 1.82) is 0 Å². The molecule has 0 saturated carbocycles. The molecule has 13 heavy (non-hydrogen) atoms. The summed E-state index contributed by atoms with van der Waals surface area (Å²) < 4.78 is 2.13. The largest absolute Gasteiger partial charge is 0.313 e. The van der Waals surface area contributed by atoms with E-state index >= 15 is 0 Å². The van der Waals surface area contributed by atoms with E-state index in [4.69, 9.17) is 0 Å². The second kappa shape index (κ2) is 2.83. The summed E-state index contributed by atoms with van der Waals surface area (Å²) in [5.74, 6) is 1.04. The van der Waals surface area contributed by atoms with Crippen LogP contribution in [-0.2, 0) is 6.54 Å². The fraction of sp³-hybridized carbons (Fsp3) is 0.400. The first kappa shape index (κ1) is 8.23. The molecule has 0 amide bonds. The maximum Gasteiger partial charge on any atom is 0.160 e. The Morgan fingerprint density at radius 2 is 2.00 bits per heavy atom. The van der Waals surface area contributed by atoms with Gasteiger partial charge in [0, 0.05) is 12.2 Å². The summed E-state index contributed by atoms with van der Waals surface area (Å²) in [6.45, 7) is 7.05. The summed E-state index contributed by atoms with van der Waals surface area (Å²) in [5, 5.41) is 0. The Kier molecular flexibility index (Phi) is 1.79. The Hall–Kier alpha value is -1.38. The molecule has 0 N–H and O–H groups in total. The van der Waals surface area contributed by atoms with E-state index in [2.05, 4.69) is 21.5 Å². The van der Waals surface area contributed by atoms with Crippen LogP contribution in [0.1, 0.15) is 18.4 Å². The van der Waals surface area contributed by atoms with Crippen molar-refractivity contribution in [2.45, 2.75) is 27.3 Å². The predicted molar refractivity (Wildman–Crippen MR) is 52.7 cm³/mol. The van der Waals surface area contributed by atoms with Crippen molar-refractivity contribution in [3.05, 3.63) is 23.7 Å². The van der Waals surface area contributed by atoms with Crippen molar-refractivity contribution in [2.24, 2.45) is 0 Å². The normalized spacial score (nSPS) is 11.0. The second-order valence-electron chi connectivity index (χ2n) is 3.20. The zero-order valence-corrected chi connectivity index (χ0v) is 8.20. The number of aryl methyl sites for hydroxylation is 3. The molecule has 3 nitrogen and oxygen atoms in total. The van der Waals surface area contributed by atoms with Gasteiger partial charge < -0.3 is 4.57 Å². The van der Waals surface area contributed by atoms with Gasteiger partial charge in [0.15, 0.2) is 5.65 Å². The van der Waals surface area contributed by atoms with Crippen molar-refractivity contribution >= 4 is 11.2 Å². The molecule has 2 aromatic heterocycles. The quantitative estimate of drug-likeness (QED) is 0.664. The van der Waals surface area contributed by atoms with E-state index in [1.165, 1.54) is 0 Å². The molecule has 68 valence electrons. The monoisotopic (exact) mass is 175 g/mol. The number of hydrogen-bond donors (Lipinski definition) is 0. The number of rotatable bonds is 1. The molecule has 2 heterocycles. The topological polar surface area (TPSA) is 30.7 Å². The zero-order chi connectivity index (χ0) is 9.42. The van der Waals surface area contributed by atoms with Gasteiger partial charge in [-0.2, -0.15) is 0 Å². The highest BCUT2D eigenvalue weighted by atomic mass is 15.1. The first-order chi connectivity index (χ1) is 6.22. The minimum Gasteiger partial charge on any atom is -0.313 e. The molecule has 0 atom stereocenters. The molecule has 2 rings (SSSR count). The molecule has 0 fully saturated rings. The Morgan fingerprint density at radius 3 is 2.69 bits per heavy atom. The lowest BCUT2D eigenvalue weighted by atomic mass is 10.3. The Bertz CT molecular complexity index is 443. The number of aromatic nitrogens is 3. The van der Waals surface area contributed by atoms with Gasteiger partial charge in [0.25, 0.3) is 0 Å². The molecular formula is C10H13N3. The molecule has 0 spiro atoms. The first-order valence-electron chi connectivity index (χ1n) is 4.53. The second-order valence-corrected chi connectivity index (χ2v) is 3.20. The lowest BCUT2D eigenvalue weighted by Gasteiger charge is -2.00. The fourth-order valence-corrected chi connectivity index (χ4v) is 1.59. The van der Waals surface area contributed by atoms with Gasteiger partial charge in [-0.25, -0.2) is 9.97 Å². The molecular weight excluding hydrogens is 162 g/mol. The molecule has 0 bridgehead atoms. The minimum absolute atomic E-state index is 0.929. The van der Waals surface area contributed by atoms with Crippen LogP contribution in [0.3, 0.4) is 0 Å². The number of fused-ring (bicyclic) bond motifs is 1. The Morgan fingerprint density at radius 1 is 1.23 bits per heavy atom. The van der Waals surface area contributed by atoms with E-state index < -0.39 is 0 Å². The molecule has 0 aromatic carbocycles. The van der Waals surface area contributed by atoms with Crippen LogP contribution in [0.5, 0.6) is 0 Å². The van der Waals surface area contributed by atoms with Crippen LogP contribution >= 0.6 is 0 Å². The molecule has 0 aliphatic carbocycles. The lowest BCUT2D eigenvalue weighted by Crippen LogP contribution is -1.98. The van der Waals surface area contributed by atoms with Crippen LogP contribution < -0.4 is 0 Å². The van der Waals surface area contributed by atoms with Gasteiger partial charge in [0.2, 0.25) is 0 Å². The standard InChI is InChI=1S/C10H13N3/c1-4-13-8(3)12-9-6-5-7(2)11-10(9)13/h5-6H,4H2,1-3H3. The number of pyridine rings is 1. The van der Waals surface area contributed by atoms with Gasteiger partial charge >= 0.3 is 0 Å². The van der Waals surface area contributed by atoms with E-state index in [0.717, 1.165) is 29.2 Å². The molecule has 3 heteroatoms. The van der Waals surface area contributed by atoms with Gasteiger partial charge in [0.1, 0.15) is 11.3 Å². The summed E-state index contributed by atoms with van der Waals surface area (Å²) in [6, 6.07) is 4.02. The van der Waals surface area contributed by atoms with E-state index in [-0.39, 0.29) is 0 Å². The maximum absolute atomic E-state index is 4.47. The van der Waals surface area contributed by atoms with E-state index in [1.807, 2.05) is 26.0 Å². The van der Waals surface area contributed by atoms with Crippen LogP contribution in [0.4, 0.5) is 0 Å². The average Bonchev–Trinajstić information content (AvgIpc) is 2.40. The molecule has 0 radical (unpaired) electrons. The number of nitrogens with zero attached hydrogens (tertiary/aromatic N) is 3. The van der Waals surface area contributed by atoms with Gasteiger partial charge in [-0.05, 0) is 32.9 Å². The minimum atomic E-state index is 0.929. The van der Waals surface area contributed by atoms with E-state index in [9.17, 15) is 0 Å². The van der Waals surface area contributed by atoms with Crippen molar-refractivity contribution in [1.82, 2.24) is 14.5 Å². The van der Waals surface area contributed by atoms with Crippen LogP contribution in [-0.4, -0.2) is 14.5 Å².